The molecule has 1 unspecified atom stereocenters. The van der Waals surface area contributed by atoms with Crippen LogP contribution in [0.1, 0.15) is 19.3 Å². The molecule has 0 aromatic rings. The largest absolute Gasteiger partial charge is 0.481 e. The van der Waals surface area contributed by atoms with Gasteiger partial charge in [0.15, 0.2) is 0 Å². The number of hydrogen-bond acceptors (Lipinski definition) is 3. The van der Waals surface area contributed by atoms with Crippen LogP contribution < -0.4 is 0 Å². The minimum Gasteiger partial charge on any atom is -0.481 e. The van der Waals surface area contributed by atoms with E-state index in [2.05, 4.69) is 4.90 Å². The molecule has 1 aliphatic heterocycles. The van der Waals surface area contributed by atoms with Gasteiger partial charge in [-0.05, 0) is 25.3 Å². The lowest BCUT2D eigenvalue weighted by Crippen LogP contribution is -2.38. The molecule has 82 valence electrons. The van der Waals surface area contributed by atoms with Gasteiger partial charge in [-0.25, -0.2) is 0 Å². The lowest BCUT2D eigenvalue weighted by molar-refractivity contribution is -0.138. The second kappa shape index (κ2) is 5.98. The maximum Gasteiger partial charge on any atom is 0.303 e. The van der Waals surface area contributed by atoms with Crippen LogP contribution in [0.2, 0.25) is 0 Å². The highest BCUT2D eigenvalue weighted by Gasteiger charge is 2.21. The Balaban J connectivity index is 2.24. The number of hydrogen-bond donors (Lipinski definition) is 1. The maximum atomic E-state index is 10.5. The molecule has 1 aliphatic rings. The topological polar surface area (TPSA) is 49.8 Å². The second-order valence-corrected chi connectivity index (χ2v) is 3.90. The fraction of sp³-hybridized carbons (Fsp3) is 0.900. The molecule has 0 aromatic heterocycles. The monoisotopic (exact) mass is 201 g/mol. The fourth-order valence-corrected chi connectivity index (χ4v) is 1.99. The number of methoxy groups -OCH3 is 1. The summed E-state index contributed by atoms with van der Waals surface area (Å²) in [5.74, 6) is -0.346. The van der Waals surface area contributed by atoms with Gasteiger partial charge < -0.3 is 14.7 Å². The molecule has 4 nitrogen and oxygen atoms in total. The maximum absolute atomic E-state index is 10.5. The van der Waals surface area contributed by atoms with Crippen LogP contribution in [0.15, 0.2) is 0 Å². The van der Waals surface area contributed by atoms with Gasteiger partial charge in [0, 0.05) is 26.6 Å². The van der Waals surface area contributed by atoms with E-state index in [1.54, 1.807) is 7.11 Å². The molecule has 4 heteroatoms. The highest BCUT2D eigenvalue weighted by molar-refractivity contribution is 5.67. The summed E-state index contributed by atoms with van der Waals surface area (Å²) < 4.78 is 5.00. The van der Waals surface area contributed by atoms with E-state index >= 15 is 0 Å². The van der Waals surface area contributed by atoms with E-state index in [4.69, 9.17) is 9.84 Å². The predicted octanol–water partition coefficient (Wildman–Crippen LogP) is 0.820. The van der Waals surface area contributed by atoms with Gasteiger partial charge in [0.25, 0.3) is 0 Å². The molecule has 1 fully saturated rings. The van der Waals surface area contributed by atoms with Gasteiger partial charge in [0.05, 0.1) is 6.61 Å². The van der Waals surface area contributed by atoms with Crippen LogP contribution in [0, 0.1) is 5.92 Å². The quantitative estimate of drug-likeness (QED) is 0.715. The van der Waals surface area contributed by atoms with Crippen LogP contribution >= 0.6 is 0 Å². The summed E-state index contributed by atoms with van der Waals surface area (Å²) in [6.45, 7) is 3.65. The van der Waals surface area contributed by atoms with Gasteiger partial charge in [0.2, 0.25) is 0 Å². The Labute approximate surface area is 84.8 Å². The standard InChI is InChI=1S/C10H19NO3/c1-14-6-5-11-4-2-3-9(8-11)7-10(12)13/h9H,2-8H2,1H3,(H,12,13). The Morgan fingerprint density at radius 1 is 1.64 bits per heavy atom. The van der Waals surface area contributed by atoms with Crippen molar-refractivity contribution in [3.8, 4) is 0 Å². The first-order valence-electron chi connectivity index (χ1n) is 5.15. The van der Waals surface area contributed by atoms with Crippen molar-refractivity contribution in [2.24, 2.45) is 5.92 Å². The van der Waals surface area contributed by atoms with Gasteiger partial charge >= 0.3 is 5.97 Å². The number of carboxylic acids is 1. The lowest BCUT2D eigenvalue weighted by Gasteiger charge is -2.31. The van der Waals surface area contributed by atoms with Gasteiger partial charge in [-0.15, -0.1) is 0 Å². The van der Waals surface area contributed by atoms with Crippen molar-refractivity contribution in [1.29, 1.82) is 0 Å². The summed E-state index contributed by atoms with van der Waals surface area (Å²) >= 11 is 0. The van der Waals surface area contributed by atoms with Gasteiger partial charge in [-0.3, -0.25) is 4.79 Å². The summed E-state index contributed by atoms with van der Waals surface area (Å²) in [5, 5.41) is 8.68. The highest BCUT2D eigenvalue weighted by Crippen LogP contribution is 2.19. The molecule has 1 saturated heterocycles. The number of rotatable bonds is 5. The molecule has 0 aromatic carbocycles. The third-order valence-electron chi connectivity index (χ3n) is 2.68. The third kappa shape index (κ3) is 4.07. The molecule has 14 heavy (non-hydrogen) atoms. The van der Waals surface area contributed by atoms with Gasteiger partial charge in [-0.2, -0.15) is 0 Å². The van der Waals surface area contributed by atoms with Gasteiger partial charge in [0.1, 0.15) is 0 Å². The third-order valence-corrected chi connectivity index (χ3v) is 2.68. The van der Waals surface area contributed by atoms with Crippen LogP contribution in [-0.4, -0.2) is 49.3 Å². The zero-order valence-corrected chi connectivity index (χ0v) is 8.74. The summed E-state index contributed by atoms with van der Waals surface area (Å²) in [6, 6.07) is 0. The van der Waals surface area contributed by atoms with E-state index in [9.17, 15) is 4.79 Å². The summed E-state index contributed by atoms with van der Waals surface area (Å²) in [4.78, 5) is 12.8. The van der Waals surface area contributed by atoms with Crippen molar-refractivity contribution in [2.75, 3.05) is 33.4 Å². The average Bonchev–Trinajstić information content (AvgIpc) is 2.14. The molecular weight excluding hydrogens is 182 g/mol. The van der Waals surface area contributed by atoms with Crippen LogP contribution in [-0.2, 0) is 9.53 Å². The number of ether oxygens (including phenoxy) is 1. The Morgan fingerprint density at radius 3 is 3.07 bits per heavy atom. The molecule has 1 rings (SSSR count). The van der Waals surface area contributed by atoms with E-state index in [-0.39, 0.29) is 0 Å². The van der Waals surface area contributed by atoms with Crippen molar-refractivity contribution in [1.82, 2.24) is 4.90 Å². The van der Waals surface area contributed by atoms with Crippen molar-refractivity contribution in [3.63, 3.8) is 0 Å². The Kier molecular flexibility index (Phi) is 4.90. The first-order chi connectivity index (χ1) is 6.72. The minimum absolute atomic E-state index is 0.309. The summed E-state index contributed by atoms with van der Waals surface area (Å²) in [5.41, 5.74) is 0. The van der Waals surface area contributed by atoms with Crippen LogP contribution in [0.25, 0.3) is 0 Å². The zero-order chi connectivity index (χ0) is 10.4. The van der Waals surface area contributed by atoms with Crippen LogP contribution in [0.3, 0.4) is 0 Å². The normalized spacial score (nSPS) is 23.6. The molecule has 1 heterocycles. The van der Waals surface area contributed by atoms with E-state index < -0.39 is 5.97 Å². The smallest absolute Gasteiger partial charge is 0.303 e. The van der Waals surface area contributed by atoms with Crippen LogP contribution in [0.4, 0.5) is 0 Å². The number of carboxylic acid groups (broad SMARTS) is 1. The van der Waals surface area contributed by atoms with E-state index in [1.165, 1.54) is 0 Å². The Bertz CT molecular complexity index is 184. The predicted molar refractivity (Wildman–Crippen MR) is 53.3 cm³/mol. The molecule has 1 N–H and O–H groups in total. The zero-order valence-electron chi connectivity index (χ0n) is 8.74. The van der Waals surface area contributed by atoms with Crippen molar-refractivity contribution in [2.45, 2.75) is 19.3 Å². The van der Waals surface area contributed by atoms with Crippen molar-refractivity contribution < 1.29 is 14.6 Å². The Morgan fingerprint density at radius 2 is 2.43 bits per heavy atom. The molecule has 1 atom stereocenters. The fourth-order valence-electron chi connectivity index (χ4n) is 1.99. The molecule has 0 radical (unpaired) electrons. The van der Waals surface area contributed by atoms with Gasteiger partial charge in [-0.1, -0.05) is 0 Å². The van der Waals surface area contributed by atoms with Crippen molar-refractivity contribution >= 4 is 5.97 Å². The average molecular weight is 201 g/mol. The SMILES string of the molecule is COCCN1CCCC(CC(=O)O)C1. The molecule has 0 spiro atoms. The van der Waals surface area contributed by atoms with Crippen molar-refractivity contribution in [3.05, 3.63) is 0 Å². The minimum atomic E-state index is -0.677. The molecule has 0 amide bonds. The van der Waals surface area contributed by atoms with E-state index in [0.717, 1.165) is 39.1 Å². The molecule has 0 aliphatic carbocycles. The molecule has 0 saturated carbocycles. The molecule has 0 bridgehead atoms. The van der Waals surface area contributed by atoms with E-state index in [0.29, 0.717) is 12.3 Å². The number of piperidine rings is 1. The number of carbonyl (C=O) groups is 1. The first kappa shape index (κ1) is 11.5. The first-order valence-corrected chi connectivity index (χ1v) is 5.15. The number of likely N-dealkylation sites (tertiary alicyclic amines) is 1. The number of aliphatic carboxylic acids is 1. The van der Waals surface area contributed by atoms with Crippen LogP contribution in [0.5, 0.6) is 0 Å². The number of nitrogens with zero attached hydrogens (tertiary/aromatic N) is 1. The summed E-state index contributed by atoms with van der Waals surface area (Å²) in [7, 11) is 1.69. The summed E-state index contributed by atoms with van der Waals surface area (Å²) in [6.07, 6.45) is 2.47. The highest BCUT2D eigenvalue weighted by atomic mass is 16.5. The second-order valence-electron chi connectivity index (χ2n) is 3.90. The Hall–Kier alpha value is -0.610. The lowest BCUT2D eigenvalue weighted by atomic mass is 9.95. The van der Waals surface area contributed by atoms with E-state index in [1.807, 2.05) is 0 Å². The molecular formula is C10H19NO3.